The average molecular weight is 366 g/mol. The first-order valence-corrected chi connectivity index (χ1v) is 7.46. The van der Waals surface area contributed by atoms with Gasteiger partial charge in [-0.1, -0.05) is 11.6 Å². The zero-order valence-electron chi connectivity index (χ0n) is 9.89. The van der Waals surface area contributed by atoms with Gasteiger partial charge in [-0.15, -0.1) is 0 Å². The van der Waals surface area contributed by atoms with Crippen LogP contribution in [0.5, 0.6) is 0 Å². The lowest BCUT2D eigenvalue weighted by Gasteiger charge is -2.09. The van der Waals surface area contributed by atoms with Crippen molar-refractivity contribution in [1.82, 2.24) is 8.75 Å². The molecule has 3 aromatic rings. The molecule has 4 nitrogen and oxygen atoms in total. The fraction of sp³-hybridized carbons (Fsp3) is 0. The lowest BCUT2D eigenvalue weighted by Crippen LogP contribution is -1.93. The first-order valence-electron chi connectivity index (χ1n) is 5.56. The SMILES string of the molecule is N#Cc1ccc(Nc2c(Cl)ccc3nsnc23)cc1Br. The van der Waals surface area contributed by atoms with Crippen LogP contribution in [-0.4, -0.2) is 8.75 Å². The van der Waals surface area contributed by atoms with E-state index in [9.17, 15) is 0 Å². The number of hydrogen-bond acceptors (Lipinski definition) is 5. The molecule has 1 aromatic heterocycles. The molecule has 0 fully saturated rings. The van der Waals surface area contributed by atoms with Crippen LogP contribution >= 0.6 is 39.3 Å². The summed E-state index contributed by atoms with van der Waals surface area (Å²) < 4.78 is 9.16. The van der Waals surface area contributed by atoms with Crippen molar-refractivity contribution >= 4 is 61.7 Å². The smallest absolute Gasteiger partial charge is 0.129 e. The van der Waals surface area contributed by atoms with E-state index in [4.69, 9.17) is 16.9 Å². The highest BCUT2D eigenvalue weighted by molar-refractivity contribution is 9.10. The van der Waals surface area contributed by atoms with Crippen molar-refractivity contribution in [2.45, 2.75) is 0 Å². The summed E-state index contributed by atoms with van der Waals surface area (Å²) in [7, 11) is 0. The number of nitrogens with one attached hydrogen (secondary N) is 1. The van der Waals surface area contributed by atoms with Crippen molar-refractivity contribution in [2.24, 2.45) is 0 Å². The Bertz CT molecular complexity index is 840. The molecule has 20 heavy (non-hydrogen) atoms. The van der Waals surface area contributed by atoms with Crippen LogP contribution in [0.4, 0.5) is 11.4 Å². The maximum atomic E-state index is 8.92. The van der Waals surface area contributed by atoms with Gasteiger partial charge in [0.25, 0.3) is 0 Å². The predicted octanol–water partition coefficient (Wildman–Crippen LogP) is 4.72. The van der Waals surface area contributed by atoms with Crippen LogP contribution in [-0.2, 0) is 0 Å². The number of aromatic nitrogens is 2. The second-order valence-corrected chi connectivity index (χ2v) is 5.78. The van der Waals surface area contributed by atoms with Crippen LogP contribution in [0.15, 0.2) is 34.8 Å². The molecule has 2 aromatic carbocycles. The van der Waals surface area contributed by atoms with Gasteiger partial charge in [0.05, 0.1) is 28.0 Å². The molecule has 98 valence electrons. The second-order valence-electron chi connectivity index (χ2n) is 3.99. The molecular formula is C13H6BrClN4S. The Kier molecular flexibility index (Phi) is 3.57. The molecule has 0 aliphatic carbocycles. The maximum absolute atomic E-state index is 8.92. The lowest BCUT2D eigenvalue weighted by molar-refractivity contribution is 1.45. The van der Waals surface area contributed by atoms with Crippen molar-refractivity contribution in [3.63, 3.8) is 0 Å². The fourth-order valence-corrected chi connectivity index (χ4v) is 2.98. The van der Waals surface area contributed by atoms with Gasteiger partial charge in [0.1, 0.15) is 17.1 Å². The van der Waals surface area contributed by atoms with E-state index in [0.29, 0.717) is 10.6 Å². The molecule has 0 amide bonds. The third-order valence-corrected chi connectivity index (χ3v) is 4.25. The van der Waals surface area contributed by atoms with Gasteiger partial charge in [-0.3, -0.25) is 0 Å². The van der Waals surface area contributed by atoms with E-state index < -0.39 is 0 Å². The van der Waals surface area contributed by atoms with Gasteiger partial charge in [-0.25, -0.2) is 0 Å². The third kappa shape index (κ3) is 2.36. The number of benzene rings is 2. The summed E-state index contributed by atoms with van der Waals surface area (Å²) in [6.07, 6.45) is 0. The molecule has 0 unspecified atom stereocenters. The minimum Gasteiger partial charge on any atom is -0.352 e. The number of halogens is 2. The highest BCUT2D eigenvalue weighted by Crippen LogP contribution is 2.33. The minimum atomic E-state index is 0.575. The summed E-state index contributed by atoms with van der Waals surface area (Å²) in [5, 5.41) is 12.7. The van der Waals surface area contributed by atoms with Gasteiger partial charge in [0, 0.05) is 10.2 Å². The van der Waals surface area contributed by atoms with E-state index >= 15 is 0 Å². The summed E-state index contributed by atoms with van der Waals surface area (Å²) in [5.41, 5.74) is 3.65. The van der Waals surface area contributed by atoms with Crippen LogP contribution in [0, 0.1) is 11.3 Å². The molecule has 0 aliphatic rings. The van der Waals surface area contributed by atoms with Crippen LogP contribution in [0.3, 0.4) is 0 Å². The Morgan fingerprint density at radius 2 is 2.10 bits per heavy atom. The third-order valence-electron chi connectivity index (χ3n) is 2.74. The second kappa shape index (κ2) is 5.37. The Balaban J connectivity index is 2.05. The summed E-state index contributed by atoms with van der Waals surface area (Å²) in [4.78, 5) is 0. The van der Waals surface area contributed by atoms with E-state index in [2.05, 4.69) is 36.1 Å². The monoisotopic (exact) mass is 364 g/mol. The summed E-state index contributed by atoms with van der Waals surface area (Å²) >= 11 is 10.7. The number of anilines is 2. The van der Waals surface area contributed by atoms with E-state index in [1.165, 1.54) is 0 Å². The number of nitriles is 1. The molecule has 0 atom stereocenters. The van der Waals surface area contributed by atoms with Crippen molar-refractivity contribution in [1.29, 1.82) is 5.26 Å². The molecule has 0 saturated heterocycles. The highest BCUT2D eigenvalue weighted by atomic mass is 79.9. The summed E-state index contributed by atoms with van der Waals surface area (Å²) in [6, 6.07) is 11.1. The van der Waals surface area contributed by atoms with Gasteiger partial charge < -0.3 is 5.32 Å². The Labute approximate surface area is 132 Å². The summed E-state index contributed by atoms with van der Waals surface area (Å²) in [6.45, 7) is 0. The molecular weight excluding hydrogens is 360 g/mol. The molecule has 0 saturated carbocycles. The molecule has 3 rings (SSSR count). The van der Waals surface area contributed by atoms with Crippen molar-refractivity contribution < 1.29 is 0 Å². The van der Waals surface area contributed by atoms with Crippen LogP contribution in [0.2, 0.25) is 5.02 Å². The van der Waals surface area contributed by atoms with Gasteiger partial charge in [-0.05, 0) is 46.3 Å². The number of rotatable bonds is 2. The Hall–Kier alpha value is -1.68. The lowest BCUT2D eigenvalue weighted by atomic mass is 10.2. The first-order chi connectivity index (χ1) is 9.69. The standard InChI is InChI=1S/C13H6BrClN4S/c14-9-5-8(2-1-7(9)6-16)17-12-10(15)3-4-11-13(12)19-20-18-11/h1-5,17H. The van der Waals surface area contributed by atoms with Gasteiger partial charge >= 0.3 is 0 Å². The van der Waals surface area contributed by atoms with E-state index in [1.807, 2.05) is 18.2 Å². The number of nitrogens with zero attached hydrogens (tertiary/aromatic N) is 3. The predicted molar refractivity (Wildman–Crippen MR) is 84.6 cm³/mol. The molecule has 1 N–H and O–H groups in total. The number of hydrogen-bond donors (Lipinski definition) is 1. The van der Waals surface area contributed by atoms with Crippen molar-refractivity contribution in [3.05, 3.63) is 45.4 Å². The average Bonchev–Trinajstić information content (AvgIpc) is 2.91. The summed E-state index contributed by atoms with van der Waals surface area (Å²) in [5.74, 6) is 0. The molecule has 7 heteroatoms. The van der Waals surface area contributed by atoms with Gasteiger partial charge in [0.2, 0.25) is 0 Å². The molecule has 0 bridgehead atoms. The fourth-order valence-electron chi connectivity index (χ4n) is 1.77. The zero-order valence-corrected chi connectivity index (χ0v) is 13.1. The largest absolute Gasteiger partial charge is 0.352 e. The van der Waals surface area contributed by atoms with Crippen molar-refractivity contribution in [2.75, 3.05) is 5.32 Å². The van der Waals surface area contributed by atoms with Crippen LogP contribution < -0.4 is 5.32 Å². The number of fused-ring (bicyclic) bond motifs is 1. The quantitative estimate of drug-likeness (QED) is 0.713. The van der Waals surface area contributed by atoms with E-state index in [0.717, 1.165) is 38.6 Å². The molecule has 1 heterocycles. The minimum absolute atomic E-state index is 0.575. The molecule has 0 aliphatic heterocycles. The normalized spacial score (nSPS) is 10.4. The van der Waals surface area contributed by atoms with E-state index in [1.54, 1.807) is 12.1 Å². The molecule has 0 radical (unpaired) electrons. The first kappa shape index (κ1) is 13.3. The van der Waals surface area contributed by atoms with Gasteiger partial charge in [-0.2, -0.15) is 14.0 Å². The Morgan fingerprint density at radius 3 is 2.85 bits per heavy atom. The Morgan fingerprint density at radius 1 is 1.25 bits per heavy atom. The zero-order chi connectivity index (χ0) is 14.1. The highest BCUT2D eigenvalue weighted by Gasteiger charge is 2.10. The van der Waals surface area contributed by atoms with Crippen LogP contribution in [0.1, 0.15) is 5.56 Å². The van der Waals surface area contributed by atoms with Crippen molar-refractivity contribution in [3.8, 4) is 6.07 Å². The van der Waals surface area contributed by atoms with Gasteiger partial charge in [0.15, 0.2) is 0 Å². The van der Waals surface area contributed by atoms with Crippen LogP contribution in [0.25, 0.3) is 11.0 Å². The van der Waals surface area contributed by atoms with E-state index in [-0.39, 0.29) is 0 Å². The maximum Gasteiger partial charge on any atom is 0.129 e. The molecule has 0 spiro atoms. The topological polar surface area (TPSA) is 61.6 Å².